The Hall–Kier alpha value is -0.280. The molecule has 0 aromatic carbocycles. The third-order valence-corrected chi connectivity index (χ3v) is 12.6. The van der Waals surface area contributed by atoms with Crippen LogP contribution in [0.3, 0.4) is 0 Å². The van der Waals surface area contributed by atoms with Gasteiger partial charge in [0, 0.05) is 25.2 Å². The molecule has 0 radical (unpaired) electrons. The van der Waals surface area contributed by atoms with Gasteiger partial charge in [-0.1, -0.05) is 20.8 Å². The van der Waals surface area contributed by atoms with Crippen LogP contribution in [0.25, 0.3) is 0 Å². The Kier molecular flexibility index (Phi) is 12.8. The molecule has 2 unspecified atom stereocenters. The predicted octanol–water partition coefficient (Wildman–Crippen LogP) is 4.70. The second-order valence-corrected chi connectivity index (χ2v) is 14.7. The van der Waals surface area contributed by atoms with Gasteiger partial charge in [-0.3, -0.25) is 0 Å². The molecule has 240 valence electrons. The highest BCUT2D eigenvalue weighted by atomic mass is 16.5. The Balaban J connectivity index is 1.63. The lowest BCUT2D eigenvalue weighted by Gasteiger charge is -2.65. The van der Waals surface area contributed by atoms with Crippen LogP contribution in [0.5, 0.6) is 0 Å². The van der Waals surface area contributed by atoms with E-state index in [1.54, 1.807) is 0 Å². The summed E-state index contributed by atoms with van der Waals surface area (Å²) in [7, 11) is 2.07. The molecule has 0 spiro atoms. The summed E-state index contributed by atoms with van der Waals surface area (Å²) < 4.78 is 20.2. The average Bonchev–Trinajstić information content (AvgIpc) is 3.32. The molecule has 0 heterocycles. The van der Waals surface area contributed by atoms with Crippen LogP contribution >= 0.6 is 0 Å². The van der Waals surface area contributed by atoms with Crippen molar-refractivity contribution in [2.24, 2.45) is 63.5 Å². The lowest BCUT2D eigenvalue weighted by molar-refractivity contribution is -0.227. The first-order valence-corrected chi connectivity index (χ1v) is 17.4. The van der Waals surface area contributed by atoms with Crippen LogP contribution < -0.4 is 22.5 Å². The van der Waals surface area contributed by atoms with Crippen LogP contribution in [0.1, 0.15) is 97.8 Å². The predicted molar refractivity (Wildman–Crippen MR) is 169 cm³/mol. The topological polar surface area (TPSA) is 118 Å². The van der Waals surface area contributed by atoms with Crippen molar-refractivity contribution in [2.75, 3.05) is 53.0 Å². The Morgan fingerprint density at radius 1 is 0.805 bits per heavy atom. The minimum atomic E-state index is 0.191. The van der Waals surface area contributed by atoms with Gasteiger partial charge in [0.2, 0.25) is 0 Å². The first kappa shape index (κ1) is 33.6. The number of hydrogen-bond donors (Lipinski definition) is 4. The number of rotatable bonds is 17. The standard InChI is InChI=1S/C34H66N4O3/c1-24(9-5-17-38-4)27-10-11-28-32-29(23-31(34(27,28)3)41-20-8-16-37)33(2)13-12-26(39-18-6-14-35)21-25(33)22-30(32)40-19-7-15-36/h24-32,38H,5-23,35-37H2,1-4H3/t24-,25?,26-,27-,28+,29+,30-,31+,32?,33+,34-/m1/s1. The van der Waals surface area contributed by atoms with Crippen molar-refractivity contribution in [3.8, 4) is 0 Å². The zero-order valence-electron chi connectivity index (χ0n) is 27.1. The molecule has 0 bridgehead atoms. The Morgan fingerprint density at radius 2 is 1.49 bits per heavy atom. The number of nitrogens with two attached hydrogens (primary N) is 3. The van der Waals surface area contributed by atoms with Gasteiger partial charge in [0.25, 0.3) is 0 Å². The van der Waals surface area contributed by atoms with E-state index in [-0.39, 0.29) is 5.41 Å². The molecule has 4 aliphatic carbocycles. The first-order valence-electron chi connectivity index (χ1n) is 17.4. The van der Waals surface area contributed by atoms with Crippen molar-refractivity contribution in [2.45, 2.75) is 116 Å². The van der Waals surface area contributed by atoms with E-state index in [1.807, 2.05) is 0 Å². The number of fused-ring (bicyclic) bond motifs is 5. The van der Waals surface area contributed by atoms with E-state index >= 15 is 0 Å². The molecule has 0 aliphatic heterocycles. The van der Waals surface area contributed by atoms with Crippen LogP contribution in [0.2, 0.25) is 0 Å². The Labute approximate surface area is 252 Å². The molecule has 4 aliphatic rings. The Bertz CT molecular complexity index is 772. The second kappa shape index (κ2) is 15.6. The zero-order chi connectivity index (χ0) is 29.5. The molecule has 7 N–H and O–H groups in total. The number of ether oxygens (including phenoxy) is 3. The minimum absolute atomic E-state index is 0.191. The molecule has 41 heavy (non-hydrogen) atoms. The molecular weight excluding hydrogens is 512 g/mol. The van der Waals surface area contributed by atoms with Crippen LogP contribution in [-0.4, -0.2) is 71.4 Å². The first-order chi connectivity index (χ1) is 19.8. The van der Waals surface area contributed by atoms with Gasteiger partial charge in [0.15, 0.2) is 0 Å². The smallest absolute Gasteiger partial charge is 0.0637 e. The van der Waals surface area contributed by atoms with Gasteiger partial charge in [-0.25, -0.2) is 0 Å². The van der Waals surface area contributed by atoms with E-state index in [1.165, 1.54) is 51.4 Å². The molecule has 11 atom stereocenters. The zero-order valence-corrected chi connectivity index (χ0v) is 27.1. The van der Waals surface area contributed by atoms with Crippen molar-refractivity contribution >= 4 is 0 Å². The summed E-state index contributed by atoms with van der Waals surface area (Å²) in [6.45, 7) is 13.4. The summed E-state index contributed by atoms with van der Waals surface area (Å²) in [4.78, 5) is 0. The highest BCUT2D eigenvalue weighted by Gasteiger charge is 2.66. The van der Waals surface area contributed by atoms with Gasteiger partial charge in [-0.15, -0.1) is 0 Å². The van der Waals surface area contributed by atoms with Gasteiger partial charge in [0.1, 0.15) is 0 Å². The lowest BCUT2D eigenvalue weighted by atomic mass is 9.43. The van der Waals surface area contributed by atoms with Crippen molar-refractivity contribution in [3.63, 3.8) is 0 Å². The van der Waals surface area contributed by atoms with Gasteiger partial charge in [-0.05, 0) is 151 Å². The van der Waals surface area contributed by atoms with E-state index in [9.17, 15) is 0 Å². The summed E-state index contributed by atoms with van der Waals surface area (Å²) in [5.41, 5.74) is 18.1. The number of hydrogen-bond acceptors (Lipinski definition) is 7. The quantitative estimate of drug-likeness (QED) is 0.185. The molecule has 4 saturated carbocycles. The minimum Gasteiger partial charge on any atom is -0.378 e. The monoisotopic (exact) mass is 579 g/mol. The molecule has 4 fully saturated rings. The highest BCUT2D eigenvalue weighted by molar-refractivity contribution is 5.15. The van der Waals surface area contributed by atoms with Crippen LogP contribution in [0.15, 0.2) is 0 Å². The van der Waals surface area contributed by atoms with Crippen molar-refractivity contribution in [3.05, 3.63) is 0 Å². The molecule has 0 aromatic heterocycles. The fourth-order valence-corrected chi connectivity index (χ4v) is 10.4. The molecule has 0 aromatic rings. The van der Waals surface area contributed by atoms with Gasteiger partial charge < -0.3 is 36.7 Å². The summed E-state index contributed by atoms with van der Waals surface area (Å²) >= 11 is 0. The van der Waals surface area contributed by atoms with E-state index in [4.69, 9.17) is 31.4 Å². The fraction of sp³-hybridized carbons (Fsp3) is 1.00. The van der Waals surface area contributed by atoms with Crippen LogP contribution in [0, 0.1) is 46.3 Å². The molecule has 7 nitrogen and oxygen atoms in total. The van der Waals surface area contributed by atoms with Crippen molar-refractivity contribution in [1.29, 1.82) is 0 Å². The summed E-state index contributed by atoms with van der Waals surface area (Å²) in [5.74, 6) is 3.94. The molecule has 4 rings (SSSR count). The lowest BCUT2D eigenvalue weighted by Crippen LogP contribution is -2.63. The molecule has 0 amide bonds. The summed E-state index contributed by atoms with van der Waals surface area (Å²) in [6, 6.07) is 0. The summed E-state index contributed by atoms with van der Waals surface area (Å²) in [5, 5.41) is 3.36. The van der Waals surface area contributed by atoms with E-state index < -0.39 is 0 Å². The van der Waals surface area contributed by atoms with E-state index in [0.29, 0.717) is 78.9 Å². The fourth-order valence-electron chi connectivity index (χ4n) is 10.4. The van der Waals surface area contributed by atoms with Gasteiger partial charge >= 0.3 is 0 Å². The maximum absolute atomic E-state index is 6.95. The van der Waals surface area contributed by atoms with Crippen molar-refractivity contribution in [1.82, 2.24) is 5.32 Å². The van der Waals surface area contributed by atoms with Crippen LogP contribution in [-0.2, 0) is 14.2 Å². The molecule has 7 heteroatoms. The maximum atomic E-state index is 6.95. The normalized spacial score (nSPS) is 41.0. The molecular formula is C34H66N4O3. The van der Waals surface area contributed by atoms with Crippen LogP contribution in [0.4, 0.5) is 0 Å². The largest absolute Gasteiger partial charge is 0.378 e. The Morgan fingerprint density at radius 3 is 2.17 bits per heavy atom. The number of nitrogens with one attached hydrogen (secondary N) is 1. The van der Waals surface area contributed by atoms with Gasteiger partial charge in [0.05, 0.1) is 18.3 Å². The van der Waals surface area contributed by atoms with Gasteiger partial charge in [-0.2, -0.15) is 0 Å². The summed E-state index contributed by atoms with van der Waals surface area (Å²) in [6.07, 6.45) is 14.9. The SMILES string of the molecule is CNCCC[C@@H](C)[C@H]1CC[C@H]2C3[C@H](OCCCN)CC4C[C@H](OCCCN)CC[C@]4(C)[C@H]3C[C@H](OCCCN)[C@]12C. The van der Waals surface area contributed by atoms with E-state index in [0.717, 1.165) is 52.0 Å². The average molecular weight is 579 g/mol. The highest BCUT2D eigenvalue weighted by Crippen LogP contribution is 2.69. The van der Waals surface area contributed by atoms with E-state index in [2.05, 4.69) is 33.1 Å². The molecule has 0 saturated heterocycles. The third-order valence-electron chi connectivity index (χ3n) is 12.6. The third kappa shape index (κ3) is 7.18. The second-order valence-electron chi connectivity index (χ2n) is 14.7. The van der Waals surface area contributed by atoms with Crippen molar-refractivity contribution < 1.29 is 14.2 Å². The maximum Gasteiger partial charge on any atom is 0.0637 e.